The summed E-state index contributed by atoms with van der Waals surface area (Å²) in [4.78, 5) is 2.60. The van der Waals surface area contributed by atoms with E-state index in [1.165, 1.54) is 36.2 Å². The lowest BCUT2D eigenvalue weighted by Gasteiger charge is -2.25. The van der Waals surface area contributed by atoms with Gasteiger partial charge in [0.1, 0.15) is 0 Å². The van der Waals surface area contributed by atoms with Gasteiger partial charge in [-0.25, -0.2) is 0 Å². The molecule has 4 heteroatoms. The van der Waals surface area contributed by atoms with Crippen molar-refractivity contribution >= 4 is 0 Å². The van der Waals surface area contributed by atoms with E-state index in [2.05, 4.69) is 54.2 Å². The maximum absolute atomic E-state index is 9.16. The molecular formula is C19H27N3O. The van der Waals surface area contributed by atoms with E-state index in [-0.39, 0.29) is 6.61 Å². The summed E-state index contributed by atoms with van der Waals surface area (Å²) >= 11 is 0. The minimum Gasteiger partial charge on any atom is -0.394 e. The predicted molar refractivity (Wildman–Crippen MR) is 92.4 cm³/mol. The van der Waals surface area contributed by atoms with E-state index in [0.717, 1.165) is 18.7 Å². The second-order valence-corrected chi connectivity index (χ2v) is 6.55. The maximum Gasteiger partial charge on any atom is 0.0644 e. The fourth-order valence-electron chi connectivity index (χ4n) is 3.70. The number of aromatic nitrogens is 2. The molecule has 0 amide bonds. The first-order chi connectivity index (χ1) is 11.2. The zero-order chi connectivity index (χ0) is 16.2. The largest absolute Gasteiger partial charge is 0.394 e. The van der Waals surface area contributed by atoms with Crippen molar-refractivity contribution in [3.05, 3.63) is 52.8 Å². The van der Waals surface area contributed by atoms with Crippen LogP contribution in [0.1, 0.15) is 35.4 Å². The van der Waals surface area contributed by atoms with Crippen LogP contribution in [0.4, 0.5) is 0 Å². The molecule has 1 aliphatic rings. The molecule has 124 valence electrons. The summed E-state index contributed by atoms with van der Waals surface area (Å²) in [5.41, 5.74) is 5.05. The van der Waals surface area contributed by atoms with Gasteiger partial charge in [0.15, 0.2) is 0 Å². The average Bonchev–Trinajstić information content (AvgIpc) is 3.09. The number of aryl methyl sites for hydroxylation is 1. The molecule has 0 bridgehead atoms. The second-order valence-electron chi connectivity index (χ2n) is 6.55. The highest BCUT2D eigenvalue weighted by molar-refractivity contribution is 5.25. The maximum atomic E-state index is 9.16. The van der Waals surface area contributed by atoms with Gasteiger partial charge < -0.3 is 5.11 Å². The molecule has 0 spiro atoms. The molecule has 1 aromatic heterocycles. The number of likely N-dealkylation sites (tertiary alicyclic amines) is 1. The zero-order valence-electron chi connectivity index (χ0n) is 14.2. The van der Waals surface area contributed by atoms with Gasteiger partial charge in [0, 0.05) is 23.8 Å². The third-order valence-corrected chi connectivity index (χ3v) is 5.02. The zero-order valence-corrected chi connectivity index (χ0v) is 14.2. The van der Waals surface area contributed by atoms with Crippen LogP contribution < -0.4 is 0 Å². The monoisotopic (exact) mass is 313 g/mol. The number of hydrogen-bond donors (Lipinski definition) is 1. The summed E-state index contributed by atoms with van der Waals surface area (Å²) < 4.78 is 1.94. The second kappa shape index (κ2) is 7.28. The van der Waals surface area contributed by atoms with Crippen molar-refractivity contribution in [1.29, 1.82) is 0 Å². The Balaban J connectivity index is 1.71. The molecule has 4 nitrogen and oxygen atoms in total. The summed E-state index contributed by atoms with van der Waals surface area (Å²) in [6.45, 7) is 7.07. The molecule has 1 saturated heterocycles. The Bertz CT molecular complexity index is 636. The van der Waals surface area contributed by atoms with Gasteiger partial charge in [-0.05, 0) is 45.2 Å². The van der Waals surface area contributed by atoms with Crippen molar-refractivity contribution in [3.8, 4) is 0 Å². The molecule has 1 N–H and O–H groups in total. The molecule has 1 fully saturated rings. The van der Waals surface area contributed by atoms with Crippen molar-refractivity contribution in [3.63, 3.8) is 0 Å². The lowest BCUT2D eigenvalue weighted by molar-refractivity contribution is 0.242. The van der Waals surface area contributed by atoms with Crippen molar-refractivity contribution < 1.29 is 5.11 Å². The van der Waals surface area contributed by atoms with Gasteiger partial charge in [-0.2, -0.15) is 5.10 Å². The first-order valence-electron chi connectivity index (χ1n) is 8.60. The summed E-state index contributed by atoms with van der Waals surface area (Å²) in [6, 6.07) is 11.4. The highest BCUT2D eigenvalue weighted by atomic mass is 16.3. The van der Waals surface area contributed by atoms with Crippen LogP contribution in [0.3, 0.4) is 0 Å². The van der Waals surface area contributed by atoms with Gasteiger partial charge in [0.2, 0.25) is 0 Å². The van der Waals surface area contributed by atoms with E-state index in [1.807, 2.05) is 4.68 Å². The Morgan fingerprint density at radius 3 is 2.74 bits per heavy atom. The Hall–Kier alpha value is -1.65. The van der Waals surface area contributed by atoms with Crippen LogP contribution in [-0.4, -0.2) is 39.0 Å². The van der Waals surface area contributed by atoms with E-state index in [0.29, 0.717) is 12.6 Å². The number of rotatable bonds is 6. The number of hydrogen-bond acceptors (Lipinski definition) is 3. The van der Waals surface area contributed by atoms with Crippen LogP contribution in [0.25, 0.3) is 0 Å². The van der Waals surface area contributed by atoms with Gasteiger partial charge in [-0.3, -0.25) is 9.58 Å². The van der Waals surface area contributed by atoms with Gasteiger partial charge in [-0.15, -0.1) is 0 Å². The average molecular weight is 313 g/mol. The Labute approximate surface area is 138 Å². The van der Waals surface area contributed by atoms with E-state index in [1.54, 1.807) is 0 Å². The molecule has 2 aromatic rings. The topological polar surface area (TPSA) is 41.3 Å². The van der Waals surface area contributed by atoms with E-state index in [4.69, 9.17) is 5.11 Å². The third kappa shape index (κ3) is 3.65. The molecule has 2 heterocycles. The van der Waals surface area contributed by atoms with Gasteiger partial charge in [-0.1, -0.05) is 30.3 Å². The molecule has 0 radical (unpaired) electrons. The number of aliphatic hydroxyl groups is 1. The molecule has 1 atom stereocenters. The van der Waals surface area contributed by atoms with Crippen LogP contribution in [0.5, 0.6) is 0 Å². The van der Waals surface area contributed by atoms with Crippen molar-refractivity contribution in [2.45, 2.75) is 52.2 Å². The molecule has 1 unspecified atom stereocenters. The number of nitrogens with zero attached hydrogens (tertiary/aromatic N) is 3. The SMILES string of the molecule is Cc1nn(CCO)c(C)c1CN1CCCC1Cc1ccccc1. The molecule has 3 rings (SSSR count). The van der Waals surface area contributed by atoms with Crippen LogP contribution in [0.2, 0.25) is 0 Å². The van der Waals surface area contributed by atoms with Crippen molar-refractivity contribution in [2.75, 3.05) is 13.2 Å². The van der Waals surface area contributed by atoms with Gasteiger partial charge in [0.25, 0.3) is 0 Å². The molecule has 1 aliphatic heterocycles. The van der Waals surface area contributed by atoms with Crippen molar-refractivity contribution in [1.82, 2.24) is 14.7 Å². The quantitative estimate of drug-likeness (QED) is 0.891. The van der Waals surface area contributed by atoms with E-state index >= 15 is 0 Å². The van der Waals surface area contributed by atoms with Gasteiger partial charge in [0.05, 0.1) is 18.8 Å². The Morgan fingerprint density at radius 2 is 2.00 bits per heavy atom. The number of aliphatic hydroxyl groups excluding tert-OH is 1. The fourth-order valence-corrected chi connectivity index (χ4v) is 3.70. The van der Waals surface area contributed by atoms with Gasteiger partial charge >= 0.3 is 0 Å². The summed E-state index contributed by atoms with van der Waals surface area (Å²) in [5.74, 6) is 0. The highest BCUT2D eigenvalue weighted by Crippen LogP contribution is 2.25. The van der Waals surface area contributed by atoms with E-state index in [9.17, 15) is 0 Å². The number of benzene rings is 1. The highest BCUT2D eigenvalue weighted by Gasteiger charge is 2.26. The standard InChI is InChI=1S/C19H27N3O/c1-15-19(16(2)22(20-15)11-12-23)14-21-10-6-9-18(21)13-17-7-4-3-5-8-17/h3-5,7-8,18,23H,6,9-14H2,1-2H3. The van der Waals surface area contributed by atoms with E-state index < -0.39 is 0 Å². The van der Waals surface area contributed by atoms with Crippen LogP contribution in [-0.2, 0) is 19.5 Å². The Kier molecular flexibility index (Phi) is 5.13. The molecule has 1 aromatic carbocycles. The molecule has 23 heavy (non-hydrogen) atoms. The summed E-state index contributed by atoms with van der Waals surface area (Å²) in [7, 11) is 0. The molecule has 0 aliphatic carbocycles. The fraction of sp³-hybridized carbons (Fsp3) is 0.526. The first-order valence-corrected chi connectivity index (χ1v) is 8.60. The predicted octanol–water partition coefficient (Wildman–Crippen LogP) is 2.70. The molecular weight excluding hydrogens is 286 g/mol. The first kappa shape index (κ1) is 16.2. The normalized spacial score (nSPS) is 18.7. The van der Waals surface area contributed by atoms with Crippen LogP contribution in [0, 0.1) is 13.8 Å². The lowest BCUT2D eigenvalue weighted by atomic mass is 10.0. The minimum atomic E-state index is 0.141. The van der Waals surface area contributed by atoms with Crippen LogP contribution >= 0.6 is 0 Å². The molecule has 0 saturated carbocycles. The smallest absolute Gasteiger partial charge is 0.0644 e. The minimum absolute atomic E-state index is 0.141. The van der Waals surface area contributed by atoms with Crippen LogP contribution in [0.15, 0.2) is 30.3 Å². The summed E-state index contributed by atoms with van der Waals surface area (Å²) in [5, 5.41) is 13.7. The Morgan fingerprint density at radius 1 is 1.22 bits per heavy atom. The van der Waals surface area contributed by atoms with Crippen molar-refractivity contribution in [2.24, 2.45) is 0 Å². The lowest BCUT2D eigenvalue weighted by Crippen LogP contribution is -2.31. The summed E-state index contributed by atoms with van der Waals surface area (Å²) in [6.07, 6.45) is 3.68. The third-order valence-electron chi connectivity index (χ3n) is 5.02.